The van der Waals surface area contributed by atoms with E-state index in [0.717, 1.165) is 0 Å². The van der Waals surface area contributed by atoms with Crippen LogP contribution in [-0.2, 0) is 0 Å². The summed E-state index contributed by atoms with van der Waals surface area (Å²) in [7, 11) is 0. The molecule has 0 spiro atoms. The molecule has 1 rings (SSSR count). The van der Waals surface area contributed by atoms with Crippen molar-refractivity contribution in [2.45, 2.75) is 0 Å². The molecule has 0 bridgehead atoms. The van der Waals surface area contributed by atoms with E-state index in [0.29, 0.717) is 17.9 Å². The summed E-state index contributed by atoms with van der Waals surface area (Å²) in [5, 5.41) is 0. The third kappa shape index (κ3) is 2.28. The Bertz CT molecular complexity index is 296. The van der Waals surface area contributed by atoms with Gasteiger partial charge >= 0.3 is 0 Å². The van der Waals surface area contributed by atoms with E-state index in [-0.39, 0.29) is 0 Å². The molecule has 0 aliphatic heterocycles. The lowest BCUT2D eigenvalue weighted by atomic mass is 10.3. The Kier molecular flexibility index (Phi) is 2.47. The highest BCUT2D eigenvalue weighted by Crippen LogP contribution is 2.00. The molecule has 0 aliphatic carbocycles. The zero-order chi connectivity index (χ0) is 8.10. The van der Waals surface area contributed by atoms with Crippen LogP contribution in [0.2, 0.25) is 0 Å². The van der Waals surface area contributed by atoms with Crippen LogP contribution >= 0.6 is 0 Å². The highest BCUT2D eigenvalue weighted by Gasteiger charge is 1.87. The van der Waals surface area contributed by atoms with Gasteiger partial charge in [-0.25, -0.2) is 4.98 Å². The van der Waals surface area contributed by atoms with E-state index >= 15 is 0 Å². The average Bonchev–Trinajstić information content (AvgIpc) is 2.01. The fraction of sp³-hybridized carbons (Fsp3) is 0.125. The van der Waals surface area contributed by atoms with Gasteiger partial charge in [-0.05, 0) is 18.1 Å². The summed E-state index contributed by atoms with van der Waals surface area (Å²) in [6.45, 7) is 0.344. The molecule has 1 aromatic rings. The van der Waals surface area contributed by atoms with Crippen LogP contribution in [0.15, 0.2) is 18.3 Å². The molecule has 3 nitrogen and oxygen atoms in total. The van der Waals surface area contributed by atoms with Gasteiger partial charge in [0.05, 0.1) is 6.54 Å². The highest BCUT2D eigenvalue weighted by molar-refractivity contribution is 5.42. The molecule has 0 fully saturated rings. The zero-order valence-corrected chi connectivity index (χ0v) is 6.04. The molecule has 0 atom stereocenters. The molecule has 1 heterocycles. The summed E-state index contributed by atoms with van der Waals surface area (Å²) in [5.74, 6) is 5.47. The fourth-order valence-electron chi connectivity index (χ4n) is 0.657. The van der Waals surface area contributed by atoms with Crippen LogP contribution in [-0.4, -0.2) is 11.5 Å². The van der Waals surface area contributed by atoms with Crippen LogP contribution in [0.4, 0.5) is 5.69 Å². The van der Waals surface area contributed by atoms with Crippen LogP contribution < -0.4 is 11.5 Å². The predicted octanol–water partition coefficient (Wildman–Crippen LogP) is -0.0260. The van der Waals surface area contributed by atoms with Gasteiger partial charge in [-0.2, -0.15) is 0 Å². The Balaban J connectivity index is 2.87. The largest absolute Gasteiger partial charge is 0.399 e. The molecular formula is C8H9N3. The molecule has 56 valence electrons. The van der Waals surface area contributed by atoms with Crippen molar-refractivity contribution >= 4 is 5.69 Å². The van der Waals surface area contributed by atoms with Crippen molar-refractivity contribution < 1.29 is 0 Å². The topological polar surface area (TPSA) is 64.9 Å². The zero-order valence-electron chi connectivity index (χ0n) is 6.04. The summed E-state index contributed by atoms with van der Waals surface area (Å²) < 4.78 is 0. The highest BCUT2D eigenvalue weighted by atomic mass is 14.7. The third-order valence-corrected chi connectivity index (χ3v) is 1.10. The van der Waals surface area contributed by atoms with Crippen molar-refractivity contribution in [3.63, 3.8) is 0 Å². The van der Waals surface area contributed by atoms with Crippen molar-refractivity contribution in [1.82, 2.24) is 4.98 Å². The van der Waals surface area contributed by atoms with Gasteiger partial charge in [0.15, 0.2) is 0 Å². The van der Waals surface area contributed by atoms with Gasteiger partial charge < -0.3 is 11.5 Å². The Morgan fingerprint density at radius 3 is 3.00 bits per heavy atom. The van der Waals surface area contributed by atoms with Crippen molar-refractivity contribution in [3.05, 3.63) is 24.0 Å². The van der Waals surface area contributed by atoms with E-state index in [2.05, 4.69) is 16.8 Å². The number of hydrogen-bond donors (Lipinski definition) is 2. The van der Waals surface area contributed by atoms with Crippen molar-refractivity contribution in [1.29, 1.82) is 0 Å². The first-order chi connectivity index (χ1) is 5.33. The molecule has 0 aliphatic rings. The molecule has 3 heteroatoms. The molecule has 0 amide bonds. The molecule has 11 heavy (non-hydrogen) atoms. The standard InChI is InChI=1S/C8H9N3/c9-4-1-2-8-6-7(10)3-5-11-8/h3,5-6H,4,9H2,(H2,10,11). The van der Waals surface area contributed by atoms with Gasteiger partial charge in [0.25, 0.3) is 0 Å². The second-order valence-corrected chi connectivity index (χ2v) is 1.98. The number of nitrogens with zero attached hydrogens (tertiary/aromatic N) is 1. The van der Waals surface area contributed by atoms with Gasteiger partial charge in [-0.1, -0.05) is 5.92 Å². The Labute approximate surface area is 65.4 Å². The number of aromatic nitrogens is 1. The van der Waals surface area contributed by atoms with E-state index in [9.17, 15) is 0 Å². The lowest BCUT2D eigenvalue weighted by Crippen LogP contribution is -1.94. The molecule has 4 N–H and O–H groups in total. The smallest absolute Gasteiger partial charge is 0.115 e. The monoisotopic (exact) mass is 147 g/mol. The van der Waals surface area contributed by atoms with Crippen LogP contribution in [0.3, 0.4) is 0 Å². The summed E-state index contributed by atoms with van der Waals surface area (Å²) in [6.07, 6.45) is 1.62. The maximum Gasteiger partial charge on any atom is 0.115 e. The lowest BCUT2D eigenvalue weighted by Gasteiger charge is -1.90. The Morgan fingerprint density at radius 2 is 2.36 bits per heavy atom. The van der Waals surface area contributed by atoms with Gasteiger partial charge in [0.2, 0.25) is 0 Å². The Morgan fingerprint density at radius 1 is 1.55 bits per heavy atom. The molecule has 0 saturated carbocycles. The maximum absolute atomic E-state index is 5.49. The first kappa shape index (κ1) is 7.58. The molecule has 0 aromatic carbocycles. The van der Waals surface area contributed by atoms with E-state index < -0.39 is 0 Å². The summed E-state index contributed by atoms with van der Waals surface area (Å²) in [5.41, 5.74) is 12.0. The SMILES string of the molecule is NCC#Cc1cc(N)ccn1. The van der Waals surface area contributed by atoms with Crippen LogP contribution in [0.5, 0.6) is 0 Å². The number of nitrogen functional groups attached to an aromatic ring is 1. The van der Waals surface area contributed by atoms with E-state index in [1.54, 1.807) is 18.3 Å². The molecule has 0 radical (unpaired) electrons. The molecular weight excluding hydrogens is 138 g/mol. The quantitative estimate of drug-likeness (QED) is 0.506. The minimum atomic E-state index is 0.344. The van der Waals surface area contributed by atoms with Crippen molar-refractivity contribution in [2.24, 2.45) is 5.73 Å². The van der Waals surface area contributed by atoms with Gasteiger partial charge in [0.1, 0.15) is 5.69 Å². The second-order valence-electron chi connectivity index (χ2n) is 1.98. The van der Waals surface area contributed by atoms with Crippen LogP contribution in [0, 0.1) is 11.8 Å². The van der Waals surface area contributed by atoms with Crippen molar-refractivity contribution in [2.75, 3.05) is 12.3 Å². The van der Waals surface area contributed by atoms with Crippen LogP contribution in [0.25, 0.3) is 0 Å². The second kappa shape index (κ2) is 3.59. The summed E-state index contributed by atoms with van der Waals surface area (Å²) in [4.78, 5) is 3.97. The van der Waals surface area contributed by atoms with Crippen LogP contribution in [0.1, 0.15) is 5.69 Å². The van der Waals surface area contributed by atoms with E-state index in [1.807, 2.05) is 0 Å². The number of pyridine rings is 1. The number of rotatable bonds is 0. The number of hydrogen-bond acceptors (Lipinski definition) is 3. The average molecular weight is 147 g/mol. The van der Waals surface area contributed by atoms with Gasteiger partial charge in [-0.15, -0.1) is 0 Å². The van der Waals surface area contributed by atoms with E-state index in [1.165, 1.54) is 0 Å². The number of anilines is 1. The molecule has 0 saturated heterocycles. The lowest BCUT2D eigenvalue weighted by molar-refractivity contribution is 1.27. The fourth-order valence-corrected chi connectivity index (χ4v) is 0.657. The van der Waals surface area contributed by atoms with Gasteiger partial charge in [0, 0.05) is 11.9 Å². The normalized spacial score (nSPS) is 8.45. The van der Waals surface area contributed by atoms with Gasteiger partial charge in [-0.3, -0.25) is 0 Å². The third-order valence-electron chi connectivity index (χ3n) is 1.10. The molecule has 1 aromatic heterocycles. The predicted molar refractivity (Wildman–Crippen MR) is 44.6 cm³/mol. The minimum Gasteiger partial charge on any atom is -0.399 e. The number of nitrogens with two attached hydrogens (primary N) is 2. The first-order valence-electron chi connectivity index (χ1n) is 3.23. The van der Waals surface area contributed by atoms with E-state index in [4.69, 9.17) is 11.5 Å². The molecule has 0 unspecified atom stereocenters. The summed E-state index contributed by atoms with van der Waals surface area (Å²) >= 11 is 0. The first-order valence-corrected chi connectivity index (χ1v) is 3.23. The minimum absolute atomic E-state index is 0.344. The Hall–Kier alpha value is -1.53. The van der Waals surface area contributed by atoms with Crippen molar-refractivity contribution in [3.8, 4) is 11.8 Å². The maximum atomic E-state index is 5.49. The summed E-state index contributed by atoms with van der Waals surface area (Å²) in [6, 6.07) is 3.43.